The summed E-state index contributed by atoms with van der Waals surface area (Å²) >= 11 is 0. The molecule has 0 aromatic carbocycles. The first-order valence-electron chi connectivity index (χ1n) is 6.33. The van der Waals surface area contributed by atoms with Crippen molar-refractivity contribution in [2.24, 2.45) is 5.92 Å². The van der Waals surface area contributed by atoms with Crippen molar-refractivity contribution >= 4 is 16.0 Å². The summed E-state index contributed by atoms with van der Waals surface area (Å²) in [7, 11) is -1.87. The highest BCUT2D eigenvalue weighted by Crippen LogP contribution is 2.20. The van der Waals surface area contributed by atoms with E-state index in [0.717, 1.165) is 12.8 Å². The first kappa shape index (κ1) is 14.9. The number of methoxy groups -OCH3 is 1. The van der Waals surface area contributed by atoms with Gasteiger partial charge in [-0.1, -0.05) is 5.21 Å². The Kier molecular flexibility index (Phi) is 4.39. The van der Waals surface area contributed by atoms with Crippen LogP contribution in [0.1, 0.15) is 23.3 Å². The fourth-order valence-electron chi connectivity index (χ4n) is 2.33. The molecule has 0 N–H and O–H groups in total. The molecule has 1 aliphatic rings. The normalized spacial score (nSPS) is 20.8. The van der Waals surface area contributed by atoms with Gasteiger partial charge in [0.2, 0.25) is 10.0 Å². The van der Waals surface area contributed by atoms with Gasteiger partial charge in [0, 0.05) is 19.6 Å². The van der Waals surface area contributed by atoms with Gasteiger partial charge < -0.3 is 4.74 Å². The maximum absolute atomic E-state index is 11.5. The van der Waals surface area contributed by atoms with Gasteiger partial charge in [-0.25, -0.2) is 17.5 Å². The average molecular weight is 302 g/mol. The predicted molar refractivity (Wildman–Crippen MR) is 70.5 cm³/mol. The molecule has 112 valence electrons. The SMILES string of the molecule is COC(=O)c1cn(CC2CCCN(S(C)(=O)=O)C2)nn1. The third-order valence-corrected chi connectivity index (χ3v) is 4.60. The van der Waals surface area contributed by atoms with E-state index in [9.17, 15) is 13.2 Å². The van der Waals surface area contributed by atoms with Crippen molar-refractivity contribution in [3.63, 3.8) is 0 Å². The monoisotopic (exact) mass is 302 g/mol. The molecule has 9 heteroatoms. The summed E-state index contributed by atoms with van der Waals surface area (Å²) in [6.07, 6.45) is 4.50. The van der Waals surface area contributed by atoms with E-state index in [1.54, 1.807) is 4.68 Å². The molecule has 8 nitrogen and oxygen atoms in total. The summed E-state index contributed by atoms with van der Waals surface area (Å²) in [5.41, 5.74) is 0.156. The number of carbonyl (C=O) groups excluding carboxylic acids is 1. The van der Waals surface area contributed by atoms with Crippen molar-refractivity contribution in [1.82, 2.24) is 19.3 Å². The number of piperidine rings is 1. The molecule has 2 heterocycles. The lowest BCUT2D eigenvalue weighted by molar-refractivity contribution is 0.0594. The maximum Gasteiger partial charge on any atom is 0.360 e. The fraction of sp³-hybridized carbons (Fsp3) is 0.727. The van der Waals surface area contributed by atoms with E-state index < -0.39 is 16.0 Å². The summed E-state index contributed by atoms with van der Waals surface area (Å²) < 4.78 is 30.7. The van der Waals surface area contributed by atoms with Gasteiger partial charge in [-0.3, -0.25) is 4.68 Å². The smallest absolute Gasteiger partial charge is 0.360 e. The summed E-state index contributed by atoms with van der Waals surface area (Å²) in [6.45, 7) is 1.59. The molecule has 0 spiro atoms. The van der Waals surface area contributed by atoms with Crippen molar-refractivity contribution in [1.29, 1.82) is 0 Å². The second-order valence-corrected chi connectivity index (χ2v) is 6.93. The molecule has 0 saturated carbocycles. The van der Waals surface area contributed by atoms with Crippen molar-refractivity contribution in [3.05, 3.63) is 11.9 Å². The molecular weight excluding hydrogens is 284 g/mol. The van der Waals surface area contributed by atoms with Crippen LogP contribution in [-0.4, -0.2) is 60.1 Å². The molecule has 1 atom stereocenters. The summed E-state index contributed by atoms with van der Waals surface area (Å²) in [5.74, 6) is -0.358. The molecule has 1 unspecified atom stereocenters. The summed E-state index contributed by atoms with van der Waals surface area (Å²) in [5, 5.41) is 7.59. The minimum atomic E-state index is -3.15. The molecule has 1 aliphatic heterocycles. The van der Waals surface area contributed by atoms with Gasteiger partial charge in [-0.15, -0.1) is 5.10 Å². The molecule has 0 aliphatic carbocycles. The van der Waals surface area contributed by atoms with E-state index in [2.05, 4.69) is 15.0 Å². The standard InChI is InChI=1S/C11H18N4O4S/c1-19-11(16)10-8-14(13-12-10)6-9-4-3-5-15(7-9)20(2,17)18/h8-9H,3-7H2,1-2H3. The molecule has 2 rings (SSSR count). The summed E-state index contributed by atoms with van der Waals surface area (Å²) in [4.78, 5) is 11.3. The zero-order valence-electron chi connectivity index (χ0n) is 11.5. The topological polar surface area (TPSA) is 94.4 Å². The zero-order chi connectivity index (χ0) is 14.8. The van der Waals surface area contributed by atoms with Crippen molar-refractivity contribution in [3.8, 4) is 0 Å². The number of hydrogen-bond acceptors (Lipinski definition) is 6. The first-order valence-corrected chi connectivity index (χ1v) is 8.18. The third-order valence-electron chi connectivity index (χ3n) is 3.33. The number of hydrogen-bond donors (Lipinski definition) is 0. The maximum atomic E-state index is 11.5. The number of esters is 1. The van der Waals surface area contributed by atoms with Crippen LogP contribution >= 0.6 is 0 Å². The second kappa shape index (κ2) is 5.88. The van der Waals surface area contributed by atoms with Crippen LogP contribution < -0.4 is 0 Å². The van der Waals surface area contributed by atoms with Crippen LogP contribution in [0.15, 0.2) is 6.20 Å². The molecular formula is C11H18N4O4S. The highest BCUT2D eigenvalue weighted by Gasteiger charge is 2.26. The molecule has 20 heavy (non-hydrogen) atoms. The number of ether oxygens (including phenoxy) is 1. The molecule has 0 bridgehead atoms. The van der Waals surface area contributed by atoms with E-state index in [0.29, 0.717) is 19.6 Å². The number of aromatic nitrogens is 3. The Morgan fingerprint density at radius 1 is 1.55 bits per heavy atom. The molecule has 1 fully saturated rings. The van der Waals surface area contributed by atoms with Crippen molar-refractivity contribution < 1.29 is 17.9 Å². The predicted octanol–water partition coefficient (Wildman–Crippen LogP) is -0.264. The quantitative estimate of drug-likeness (QED) is 0.711. The van der Waals surface area contributed by atoms with Crippen LogP contribution in [0.3, 0.4) is 0 Å². The molecule has 1 aromatic heterocycles. The van der Waals surface area contributed by atoms with Crippen LogP contribution in [0.5, 0.6) is 0 Å². The van der Waals surface area contributed by atoms with Gasteiger partial charge in [0.15, 0.2) is 5.69 Å². The van der Waals surface area contributed by atoms with Gasteiger partial charge in [-0.05, 0) is 18.8 Å². The Morgan fingerprint density at radius 3 is 2.95 bits per heavy atom. The number of sulfonamides is 1. The summed E-state index contributed by atoms with van der Waals surface area (Å²) in [6, 6.07) is 0. The van der Waals surface area contributed by atoms with Gasteiger partial charge in [-0.2, -0.15) is 0 Å². The minimum absolute atomic E-state index is 0.156. The lowest BCUT2D eigenvalue weighted by Gasteiger charge is -2.30. The number of carbonyl (C=O) groups is 1. The minimum Gasteiger partial charge on any atom is -0.464 e. The third kappa shape index (κ3) is 3.54. The molecule has 1 aromatic rings. The number of rotatable bonds is 4. The highest BCUT2D eigenvalue weighted by molar-refractivity contribution is 7.88. The van der Waals surface area contributed by atoms with Crippen LogP contribution in [0.2, 0.25) is 0 Å². The zero-order valence-corrected chi connectivity index (χ0v) is 12.3. The Labute approximate surface area is 117 Å². The van der Waals surface area contributed by atoms with E-state index >= 15 is 0 Å². The van der Waals surface area contributed by atoms with Crippen LogP contribution in [0, 0.1) is 5.92 Å². The van der Waals surface area contributed by atoms with E-state index in [1.807, 2.05) is 0 Å². The Morgan fingerprint density at radius 2 is 2.30 bits per heavy atom. The van der Waals surface area contributed by atoms with E-state index in [-0.39, 0.29) is 11.6 Å². The largest absolute Gasteiger partial charge is 0.464 e. The van der Waals surface area contributed by atoms with Gasteiger partial charge >= 0.3 is 5.97 Å². The van der Waals surface area contributed by atoms with Gasteiger partial charge in [0.05, 0.1) is 19.6 Å². The van der Waals surface area contributed by atoms with E-state index in [4.69, 9.17) is 0 Å². The lowest BCUT2D eigenvalue weighted by atomic mass is 10.00. The van der Waals surface area contributed by atoms with Crippen LogP contribution in [0.4, 0.5) is 0 Å². The van der Waals surface area contributed by atoms with Crippen LogP contribution in [-0.2, 0) is 21.3 Å². The Bertz CT molecular complexity index is 583. The first-order chi connectivity index (χ1) is 9.40. The fourth-order valence-corrected chi connectivity index (χ4v) is 3.27. The second-order valence-electron chi connectivity index (χ2n) is 4.95. The van der Waals surface area contributed by atoms with Gasteiger partial charge in [0.25, 0.3) is 0 Å². The molecule has 1 saturated heterocycles. The highest BCUT2D eigenvalue weighted by atomic mass is 32.2. The molecule has 0 amide bonds. The number of nitrogens with zero attached hydrogens (tertiary/aromatic N) is 4. The van der Waals surface area contributed by atoms with Crippen LogP contribution in [0.25, 0.3) is 0 Å². The Balaban J connectivity index is 1.99. The molecule has 0 radical (unpaired) electrons. The lowest BCUT2D eigenvalue weighted by Crippen LogP contribution is -2.40. The average Bonchev–Trinajstić information content (AvgIpc) is 2.85. The van der Waals surface area contributed by atoms with Crippen molar-refractivity contribution in [2.45, 2.75) is 19.4 Å². The van der Waals surface area contributed by atoms with Crippen molar-refractivity contribution in [2.75, 3.05) is 26.5 Å². The van der Waals surface area contributed by atoms with Gasteiger partial charge in [0.1, 0.15) is 0 Å². The Hall–Kier alpha value is -1.48. The van der Waals surface area contributed by atoms with E-state index in [1.165, 1.54) is 23.9 Å².